The number of carbonyl (C=O) groups excluding carboxylic acids is 12. The molecule has 0 spiro atoms. The number of nitrogens with two attached hydrogens (primary N) is 3. The zero-order valence-electron chi connectivity index (χ0n) is 49.3. The molecule has 0 unspecified atom stereocenters. The zero-order chi connectivity index (χ0) is 64.8. The number of H-pyrrole nitrogens is 1. The fourth-order valence-corrected chi connectivity index (χ4v) is 9.61. The lowest BCUT2D eigenvalue weighted by atomic mass is 10.0. The standard InChI is InChI=1S/C58H78N16O14/c1-30(2)24-41(51(82)66-39(16-11-22-63-57(61)62-5)50(81)67-40(49(60)80)27-35-29-64-38-15-10-9-14-37(35)38)70-58(88)73-72-53(84)42(25-33-12-7-6-8-13-33)68-54(85)47(31(3)75)71-52(83)43(28-46(59)79)69-55(86)48-45(78)21-23-74(48)56(87)44(65-32(4)76)26-34-17-19-36(77)20-18-34/h6-10,12-15,17-20,29-31,39-44,47-48,64,75,77H,11,16,21-28H2,1-5H3,(H2,59,79)(H2,60,80)(H,65,76)(H,66,82)(H,67,81)(H,68,85)(H,69,86)(H,71,83)(H,72,84)(H3,61,62,63)(H2,70,73,88)/t31-,39+,40+,41+,42+,43+,44-,47+,48+/m1/s1. The molecule has 30 nitrogen and oxygen atoms in total. The van der Waals surface area contributed by atoms with Crippen LogP contribution in [0.1, 0.15) is 76.5 Å². The molecule has 0 radical (unpaired) electrons. The number of primary amides is 2. The van der Waals surface area contributed by atoms with Gasteiger partial charge in [-0.1, -0.05) is 74.5 Å². The molecule has 12 amide bonds. The third-order valence-corrected chi connectivity index (χ3v) is 14.1. The van der Waals surface area contributed by atoms with E-state index in [0.717, 1.165) is 29.7 Å². The van der Waals surface area contributed by atoms with E-state index in [0.29, 0.717) is 16.7 Å². The first-order valence-electron chi connectivity index (χ1n) is 28.3. The molecule has 88 heavy (non-hydrogen) atoms. The third-order valence-electron chi connectivity index (χ3n) is 14.1. The Labute approximate surface area is 506 Å². The summed E-state index contributed by atoms with van der Waals surface area (Å²) in [5, 5.41) is 41.6. The summed E-state index contributed by atoms with van der Waals surface area (Å²) in [5.74, 6) is -10.6. The Morgan fingerprint density at radius 3 is 1.92 bits per heavy atom. The molecule has 1 aromatic heterocycles. The molecule has 19 N–H and O–H groups in total. The number of carbonyl (C=O) groups is 12. The number of nitrogens with one attached hydrogen (secondary N) is 11. The van der Waals surface area contributed by atoms with E-state index in [1.165, 1.54) is 31.3 Å². The van der Waals surface area contributed by atoms with E-state index < -0.39 is 132 Å². The van der Waals surface area contributed by atoms with Crippen molar-refractivity contribution in [2.75, 3.05) is 20.1 Å². The van der Waals surface area contributed by atoms with Gasteiger partial charge < -0.3 is 79.8 Å². The lowest BCUT2D eigenvalue weighted by molar-refractivity contribution is -0.145. The lowest BCUT2D eigenvalue weighted by Crippen LogP contribution is -2.63. The molecule has 1 aliphatic rings. The monoisotopic (exact) mass is 1220 g/mol. The van der Waals surface area contributed by atoms with Gasteiger partial charge in [-0.3, -0.25) is 63.2 Å². The van der Waals surface area contributed by atoms with E-state index in [9.17, 15) is 67.7 Å². The van der Waals surface area contributed by atoms with Crippen LogP contribution in [0.3, 0.4) is 0 Å². The molecule has 1 aliphatic heterocycles. The Bertz CT molecular complexity index is 3190. The zero-order valence-corrected chi connectivity index (χ0v) is 49.3. The van der Waals surface area contributed by atoms with Crippen molar-refractivity contribution in [2.45, 2.75) is 134 Å². The second kappa shape index (κ2) is 33.0. The number of Topliss-reactive ketones (excluding diaryl/α,β-unsaturated/α-hetero) is 1. The van der Waals surface area contributed by atoms with Crippen molar-refractivity contribution >= 4 is 87.7 Å². The van der Waals surface area contributed by atoms with E-state index in [2.05, 4.69) is 63.4 Å². The summed E-state index contributed by atoms with van der Waals surface area (Å²) in [6.45, 7) is 5.75. The average Bonchev–Trinajstić information content (AvgIpc) is 3.28. The SMILES string of the molecule is CN=C(N)NCCC[C@H](NC(=O)[C@H](CC(C)C)NC(=O)NNC(=O)[C@H](Cc1ccccc1)NC(=O)[C@@H](NC(=O)[C@H](CC(N)=O)NC(=O)[C@@H]1C(=O)CCN1C(=O)[C@@H](Cc1ccc(O)cc1)NC(C)=O)[C@@H](C)O)C(=O)N[C@@H](Cc1c[nH]c2ccccc12)C(N)=O. The summed E-state index contributed by atoms with van der Waals surface area (Å²) < 4.78 is 0. The highest BCUT2D eigenvalue weighted by Gasteiger charge is 2.45. The van der Waals surface area contributed by atoms with Crippen molar-refractivity contribution in [3.63, 3.8) is 0 Å². The van der Waals surface area contributed by atoms with Gasteiger partial charge >= 0.3 is 6.03 Å². The number of rotatable bonds is 30. The van der Waals surface area contributed by atoms with Crippen LogP contribution < -0.4 is 70.6 Å². The number of nitrogens with zero attached hydrogens (tertiary/aromatic N) is 2. The van der Waals surface area contributed by atoms with Crippen LogP contribution in [0, 0.1) is 5.92 Å². The molecule has 0 bridgehead atoms. The van der Waals surface area contributed by atoms with Gasteiger partial charge in [-0.15, -0.1) is 0 Å². The number of fused-ring (bicyclic) bond motifs is 1. The van der Waals surface area contributed by atoms with Crippen LogP contribution in [-0.4, -0.2) is 172 Å². The first-order valence-corrected chi connectivity index (χ1v) is 28.3. The van der Waals surface area contributed by atoms with Gasteiger partial charge in [0.2, 0.25) is 47.3 Å². The Morgan fingerprint density at radius 2 is 1.28 bits per heavy atom. The molecule has 0 aliphatic carbocycles. The number of likely N-dealkylation sites (tertiary alicyclic amines) is 1. The number of urea groups is 1. The minimum Gasteiger partial charge on any atom is -0.508 e. The molecular formula is C58H78N16O14. The fourth-order valence-electron chi connectivity index (χ4n) is 9.61. The minimum absolute atomic E-state index is 0.00857. The highest BCUT2D eigenvalue weighted by Crippen LogP contribution is 2.21. The van der Waals surface area contributed by atoms with E-state index in [1.807, 2.05) is 24.3 Å². The van der Waals surface area contributed by atoms with Crippen molar-refractivity contribution in [3.05, 3.63) is 102 Å². The highest BCUT2D eigenvalue weighted by molar-refractivity contribution is 6.11. The largest absolute Gasteiger partial charge is 0.508 e. The summed E-state index contributed by atoms with van der Waals surface area (Å²) in [6, 6.07) is 7.76. The molecule has 1 saturated heterocycles. The van der Waals surface area contributed by atoms with Crippen molar-refractivity contribution < 1.29 is 67.7 Å². The molecule has 2 heterocycles. The van der Waals surface area contributed by atoms with Crippen molar-refractivity contribution in [2.24, 2.45) is 28.1 Å². The number of aliphatic hydroxyl groups is 1. The van der Waals surface area contributed by atoms with Crippen molar-refractivity contribution in [1.82, 2.24) is 63.3 Å². The van der Waals surface area contributed by atoms with Gasteiger partial charge in [0.05, 0.1) is 12.5 Å². The fraction of sp³-hybridized carbons (Fsp3) is 0.431. The van der Waals surface area contributed by atoms with E-state index in [1.54, 1.807) is 50.4 Å². The van der Waals surface area contributed by atoms with Crippen LogP contribution in [0.5, 0.6) is 5.75 Å². The number of phenols is 1. The van der Waals surface area contributed by atoms with Gasteiger partial charge in [-0.25, -0.2) is 10.2 Å². The summed E-state index contributed by atoms with van der Waals surface area (Å²) in [7, 11) is 1.47. The number of hydrazine groups is 1. The number of amides is 12. The summed E-state index contributed by atoms with van der Waals surface area (Å²) in [5.41, 5.74) is 23.9. The van der Waals surface area contributed by atoms with Crippen molar-refractivity contribution in [1.29, 1.82) is 0 Å². The van der Waals surface area contributed by atoms with Gasteiger partial charge in [0.1, 0.15) is 48.0 Å². The third kappa shape index (κ3) is 20.8. The maximum Gasteiger partial charge on any atom is 0.334 e. The summed E-state index contributed by atoms with van der Waals surface area (Å²) in [6.07, 6.45) is -1.32. The van der Waals surface area contributed by atoms with Crippen molar-refractivity contribution in [3.8, 4) is 5.75 Å². The Morgan fingerprint density at radius 1 is 0.670 bits per heavy atom. The predicted molar refractivity (Wildman–Crippen MR) is 319 cm³/mol. The summed E-state index contributed by atoms with van der Waals surface area (Å²) in [4.78, 5) is 170. The number of aliphatic hydroxyl groups excluding tert-OH is 1. The number of hydrogen-bond acceptors (Lipinski definition) is 15. The Kier molecular flexibility index (Phi) is 25.7. The van der Waals surface area contributed by atoms with E-state index >= 15 is 0 Å². The number of guanidine groups is 1. The van der Waals surface area contributed by atoms with E-state index in [4.69, 9.17) is 17.2 Å². The topological polar surface area (TPSA) is 475 Å². The second-order valence-corrected chi connectivity index (χ2v) is 21.5. The summed E-state index contributed by atoms with van der Waals surface area (Å²) >= 11 is 0. The minimum atomic E-state index is -1.92. The number of para-hydroxylation sites is 1. The van der Waals surface area contributed by atoms with Crippen LogP contribution >= 0.6 is 0 Å². The molecule has 0 saturated carbocycles. The van der Waals surface area contributed by atoms with Crippen LogP contribution in [0.25, 0.3) is 10.9 Å². The van der Waals surface area contributed by atoms with Crippen LogP contribution in [0.2, 0.25) is 0 Å². The molecular weight excluding hydrogens is 1140 g/mol. The number of aliphatic imine (C=N–C) groups is 1. The number of aromatic nitrogens is 1. The van der Waals surface area contributed by atoms with Gasteiger partial charge in [-0.2, -0.15) is 0 Å². The maximum absolute atomic E-state index is 14.1. The average molecular weight is 1220 g/mol. The first kappa shape index (κ1) is 68.6. The maximum atomic E-state index is 14.1. The number of hydrogen-bond donors (Lipinski definition) is 16. The number of benzene rings is 3. The molecule has 1 fully saturated rings. The van der Waals surface area contributed by atoms with Gasteiger partial charge in [0.25, 0.3) is 11.8 Å². The number of aromatic amines is 1. The number of phenolic OH excluding ortho intramolecular Hbond substituents is 1. The Balaban J connectivity index is 1.28. The van der Waals surface area contributed by atoms with Gasteiger partial charge in [-0.05, 0) is 67.0 Å². The van der Waals surface area contributed by atoms with Crippen LogP contribution in [-0.2, 0) is 72.0 Å². The quantitative estimate of drug-likeness (QED) is 0.00804. The molecule has 9 atom stereocenters. The molecule has 3 aromatic carbocycles. The van der Waals surface area contributed by atoms with Gasteiger partial charge in [0, 0.05) is 69.8 Å². The predicted octanol–water partition coefficient (Wildman–Crippen LogP) is -3.20. The van der Waals surface area contributed by atoms with E-state index in [-0.39, 0.29) is 75.7 Å². The molecule has 474 valence electrons. The lowest BCUT2D eigenvalue weighted by Gasteiger charge is -2.29. The smallest absolute Gasteiger partial charge is 0.334 e. The molecule has 5 rings (SSSR count). The number of aromatic hydroxyl groups is 1. The van der Waals surface area contributed by atoms with Crippen LogP contribution in [0.15, 0.2) is 90.1 Å². The Hall–Kier alpha value is -10.1. The number of ketones is 1. The normalized spacial score (nSPS) is 15.8. The molecule has 4 aromatic rings. The van der Waals surface area contributed by atoms with Gasteiger partial charge in [0.15, 0.2) is 17.8 Å². The first-order chi connectivity index (χ1) is 41.7. The highest BCUT2D eigenvalue weighted by atomic mass is 16.3. The second-order valence-electron chi connectivity index (χ2n) is 21.5. The molecule has 30 heteroatoms. The van der Waals surface area contributed by atoms with Crippen LogP contribution in [0.4, 0.5) is 4.79 Å².